The van der Waals surface area contributed by atoms with Crippen molar-refractivity contribution in [3.05, 3.63) is 59.7 Å². The normalized spacial score (nSPS) is 11.6. The molecule has 0 N–H and O–H groups in total. The molecule has 2 aromatic rings. The van der Waals surface area contributed by atoms with Gasteiger partial charge in [0.25, 0.3) is 0 Å². The summed E-state index contributed by atoms with van der Waals surface area (Å²) in [7, 11) is 0.258. The van der Waals surface area contributed by atoms with Crippen molar-refractivity contribution in [2.24, 2.45) is 0 Å². The summed E-state index contributed by atoms with van der Waals surface area (Å²) in [6.45, 7) is 2.05. The van der Waals surface area contributed by atoms with Crippen molar-refractivity contribution in [1.82, 2.24) is 0 Å². The number of hydrogen-bond donors (Lipinski definition) is 0. The lowest BCUT2D eigenvalue weighted by Crippen LogP contribution is -2.30. The van der Waals surface area contributed by atoms with Gasteiger partial charge in [-0.05, 0) is 12.0 Å². The molecule has 2 aromatic carbocycles. The first kappa shape index (κ1) is 13.9. The zero-order chi connectivity index (χ0) is 13.9. The molecule has 4 heteroatoms. The molecule has 0 unspecified atom stereocenters. The average Bonchev–Trinajstić information content (AvgIpc) is 2.39. The smallest absolute Gasteiger partial charge is 0.166 e. The van der Waals surface area contributed by atoms with Crippen LogP contribution in [0.25, 0.3) is 0 Å². The topological polar surface area (TPSA) is 0 Å². The summed E-state index contributed by atoms with van der Waals surface area (Å²) in [5.41, 5.74) is 0.615. The van der Waals surface area contributed by atoms with Crippen LogP contribution in [-0.2, 0) is 12.6 Å². The molecule has 0 amide bonds. The van der Waals surface area contributed by atoms with Crippen molar-refractivity contribution in [3.8, 4) is 0 Å². The van der Waals surface area contributed by atoms with Gasteiger partial charge < -0.3 is 0 Å². The van der Waals surface area contributed by atoms with Crippen LogP contribution in [0.5, 0.6) is 0 Å². The van der Waals surface area contributed by atoms with E-state index in [4.69, 9.17) is 0 Å². The summed E-state index contributed by atoms with van der Waals surface area (Å²) in [6, 6.07) is 13.5. The minimum absolute atomic E-state index is 0.258. The first-order chi connectivity index (χ1) is 9.00. The average molecular weight is 278 g/mol. The summed E-state index contributed by atoms with van der Waals surface area (Å²) < 4.78 is 38.0. The molecule has 2 radical (unpaired) electrons. The molecule has 0 spiro atoms. The third-order valence-corrected chi connectivity index (χ3v) is 4.22. The Balaban J connectivity index is 2.29. The molecule has 0 nitrogen and oxygen atoms in total. The third-order valence-electron chi connectivity index (χ3n) is 2.87. The van der Waals surface area contributed by atoms with Crippen LogP contribution in [0.3, 0.4) is 0 Å². The lowest BCUT2D eigenvalue weighted by molar-refractivity contribution is -0.137. The quantitative estimate of drug-likeness (QED) is 0.757. The van der Waals surface area contributed by atoms with E-state index >= 15 is 0 Å². The maximum Gasteiger partial charge on any atom is 0.416 e. The Morgan fingerprint density at radius 1 is 1.00 bits per heavy atom. The van der Waals surface area contributed by atoms with Gasteiger partial charge in [0.15, 0.2) is 0 Å². The van der Waals surface area contributed by atoms with Gasteiger partial charge in [-0.1, -0.05) is 65.8 Å². The fourth-order valence-corrected chi connectivity index (χ4v) is 3.20. The SMILES string of the molecule is CCc1ccccc1[Si]c1cccc(C(F)(F)F)c1. The van der Waals surface area contributed by atoms with Crippen LogP contribution in [0.15, 0.2) is 48.5 Å². The van der Waals surface area contributed by atoms with E-state index in [0.29, 0.717) is 0 Å². The van der Waals surface area contributed by atoms with Crippen molar-refractivity contribution in [3.63, 3.8) is 0 Å². The minimum Gasteiger partial charge on any atom is -0.166 e. The predicted octanol–water partition coefficient (Wildman–Crippen LogP) is 2.92. The van der Waals surface area contributed by atoms with Gasteiger partial charge in [-0.3, -0.25) is 0 Å². The van der Waals surface area contributed by atoms with E-state index in [0.717, 1.165) is 22.9 Å². The van der Waals surface area contributed by atoms with Crippen molar-refractivity contribution in [2.75, 3.05) is 0 Å². The fraction of sp³-hybridized carbons (Fsp3) is 0.200. The first-order valence-electron chi connectivity index (χ1n) is 6.03. The molecule has 98 valence electrons. The van der Waals surface area contributed by atoms with Crippen LogP contribution in [0.4, 0.5) is 13.2 Å². The van der Waals surface area contributed by atoms with Gasteiger partial charge >= 0.3 is 6.18 Å². The standard InChI is InChI=1S/C15H13F3Si/c1-2-11-6-3-4-9-14(11)19-13-8-5-7-12(10-13)15(16,17)18/h3-10H,2H2,1H3. The maximum absolute atomic E-state index is 12.7. The van der Waals surface area contributed by atoms with Gasteiger partial charge in [0.1, 0.15) is 9.52 Å². The number of benzene rings is 2. The monoisotopic (exact) mass is 278 g/mol. The van der Waals surface area contributed by atoms with E-state index in [1.54, 1.807) is 6.07 Å². The van der Waals surface area contributed by atoms with Gasteiger partial charge in [0.05, 0.1) is 5.56 Å². The highest BCUT2D eigenvalue weighted by atomic mass is 28.2. The lowest BCUT2D eigenvalue weighted by Gasteiger charge is -2.10. The van der Waals surface area contributed by atoms with Crippen molar-refractivity contribution in [1.29, 1.82) is 0 Å². The van der Waals surface area contributed by atoms with E-state index < -0.39 is 11.7 Å². The zero-order valence-electron chi connectivity index (χ0n) is 10.5. The Morgan fingerprint density at radius 3 is 2.42 bits per heavy atom. The summed E-state index contributed by atoms with van der Waals surface area (Å²) >= 11 is 0. The van der Waals surface area contributed by atoms with Crippen LogP contribution in [0.2, 0.25) is 0 Å². The van der Waals surface area contributed by atoms with Crippen LogP contribution >= 0.6 is 0 Å². The van der Waals surface area contributed by atoms with Crippen molar-refractivity contribution >= 4 is 19.9 Å². The van der Waals surface area contributed by atoms with E-state index in [2.05, 4.69) is 6.92 Å². The molecule has 0 heterocycles. The molecule has 0 aliphatic carbocycles. The van der Waals surface area contributed by atoms with E-state index in [9.17, 15) is 13.2 Å². The highest BCUT2D eigenvalue weighted by Crippen LogP contribution is 2.27. The molecular formula is C15H13F3Si. The number of aryl methyl sites for hydroxylation is 1. The van der Waals surface area contributed by atoms with Gasteiger partial charge in [0, 0.05) is 0 Å². The number of halogens is 3. The third kappa shape index (κ3) is 3.47. The maximum atomic E-state index is 12.7. The first-order valence-corrected chi connectivity index (χ1v) is 7.03. The summed E-state index contributed by atoms with van der Waals surface area (Å²) in [6.07, 6.45) is -3.38. The van der Waals surface area contributed by atoms with Gasteiger partial charge in [-0.15, -0.1) is 0 Å². The molecule has 0 saturated heterocycles. The Hall–Kier alpha value is -1.55. The summed E-state index contributed by atoms with van der Waals surface area (Å²) in [5.74, 6) is 0. The van der Waals surface area contributed by atoms with Gasteiger partial charge in [0.2, 0.25) is 0 Å². The second kappa shape index (κ2) is 5.61. The molecule has 0 aliphatic heterocycles. The van der Waals surface area contributed by atoms with Gasteiger partial charge in [-0.2, -0.15) is 13.2 Å². The van der Waals surface area contributed by atoms with Crippen LogP contribution in [0, 0.1) is 0 Å². The largest absolute Gasteiger partial charge is 0.416 e. The molecule has 0 bridgehead atoms. The Bertz CT molecular complexity index is 561. The molecule has 0 atom stereocenters. The Labute approximate surface area is 113 Å². The summed E-state index contributed by atoms with van der Waals surface area (Å²) in [5, 5.41) is 1.83. The molecule has 2 rings (SSSR count). The number of hydrogen-bond acceptors (Lipinski definition) is 0. The highest BCUT2D eigenvalue weighted by Gasteiger charge is 2.30. The Kier molecular flexibility index (Phi) is 4.10. The van der Waals surface area contributed by atoms with Crippen LogP contribution < -0.4 is 10.4 Å². The number of alkyl halides is 3. The molecule has 0 saturated carbocycles. The van der Waals surface area contributed by atoms with E-state index in [1.807, 2.05) is 24.3 Å². The van der Waals surface area contributed by atoms with Crippen molar-refractivity contribution < 1.29 is 13.2 Å². The summed E-state index contributed by atoms with van der Waals surface area (Å²) in [4.78, 5) is 0. The minimum atomic E-state index is -4.27. The predicted molar refractivity (Wildman–Crippen MR) is 72.3 cm³/mol. The molecular weight excluding hydrogens is 265 g/mol. The van der Waals surface area contributed by atoms with E-state index in [-0.39, 0.29) is 9.52 Å². The molecule has 19 heavy (non-hydrogen) atoms. The fourth-order valence-electron chi connectivity index (χ4n) is 1.88. The highest BCUT2D eigenvalue weighted by molar-refractivity contribution is 6.67. The molecule has 0 aromatic heterocycles. The molecule has 0 aliphatic rings. The second-order valence-corrected chi connectivity index (χ2v) is 5.58. The van der Waals surface area contributed by atoms with Crippen LogP contribution in [0.1, 0.15) is 18.1 Å². The Morgan fingerprint density at radius 2 is 1.74 bits per heavy atom. The van der Waals surface area contributed by atoms with Crippen LogP contribution in [-0.4, -0.2) is 9.52 Å². The lowest BCUT2D eigenvalue weighted by atomic mass is 10.2. The second-order valence-electron chi connectivity index (χ2n) is 4.21. The van der Waals surface area contributed by atoms with E-state index in [1.165, 1.54) is 17.7 Å². The van der Waals surface area contributed by atoms with Crippen molar-refractivity contribution in [2.45, 2.75) is 19.5 Å². The number of rotatable bonds is 3. The van der Waals surface area contributed by atoms with Gasteiger partial charge in [-0.25, -0.2) is 0 Å². The molecule has 0 fully saturated rings. The zero-order valence-corrected chi connectivity index (χ0v) is 11.5.